The molecule has 0 unspecified atom stereocenters. The molecule has 3 rings (SSSR count). The van der Waals surface area contributed by atoms with Crippen LogP contribution in [0.15, 0.2) is 10.9 Å². The molecule has 1 fully saturated rings. The fourth-order valence-corrected chi connectivity index (χ4v) is 2.44. The van der Waals surface area contributed by atoms with Crippen LogP contribution in [0.1, 0.15) is 29.2 Å². The number of nitrogen functional groups attached to an aromatic ring is 1. The predicted molar refractivity (Wildman–Crippen MR) is 69.3 cm³/mol. The van der Waals surface area contributed by atoms with Gasteiger partial charge in [0.05, 0.1) is 10.9 Å². The zero-order valence-electron chi connectivity index (χ0n) is 10.6. The molecular formula is C13H10F3N3O2. The van der Waals surface area contributed by atoms with Crippen molar-refractivity contribution >= 4 is 22.6 Å². The molecule has 5 nitrogen and oxygen atoms in total. The minimum absolute atomic E-state index is 0.273. The Balaban J connectivity index is 2.60. The lowest BCUT2D eigenvalue weighted by molar-refractivity contribution is 0.0999. The molecule has 1 heterocycles. The molecule has 0 spiro atoms. The maximum absolute atomic E-state index is 14.1. The van der Waals surface area contributed by atoms with Gasteiger partial charge in [-0.05, 0) is 18.9 Å². The molecule has 4 N–H and O–H groups in total. The van der Waals surface area contributed by atoms with Crippen LogP contribution in [0.3, 0.4) is 0 Å². The SMILES string of the molecule is NC(=O)c1c(N)n(C2CC2)c2c(F)c(F)c(F)cc2c1=O. The number of hydrogen-bond donors (Lipinski definition) is 2. The van der Waals surface area contributed by atoms with Crippen molar-refractivity contribution in [2.75, 3.05) is 5.73 Å². The summed E-state index contributed by atoms with van der Waals surface area (Å²) in [5, 5.41) is -0.457. The third kappa shape index (κ3) is 1.78. The molecular weight excluding hydrogens is 287 g/mol. The number of anilines is 1. The van der Waals surface area contributed by atoms with E-state index in [0.29, 0.717) is 18.9 Å². The number of hydrogen-bond acceptors (Lipinski definition) is 3. The van der Waals surface area contributed by atoms with Crippen molar-refractivity contribution in [2.45, 2.75) is 18.9 Å². The molecule has 1 aliphatic rings. The van der Waals surface area contributed by atoms with Gasteiger partial charge in [-0.3, -0.25) is 9.59 Å². The van der Waals surface area contributed by atoms with Crippen molar-refractivity contribution in [1.29, 1.82) is 0 Å². The number of halogens is 3. The van der Waals surface area contributed by atoms with Gasteiger partial charge in [0.2, 0.25) is 5.43 Å². The Morgan fingerprint density at radius 1 is 1.24 bits per heavy atom. The summed E-state index contributed by atoms with van der Waals surface area (Å²) in [4.78, 5) is 23.5. The normalized spacial score (nSPS) is 14.6. The first-order chi connectivity index (χ1) is 9.84. The Hall–Kier alpha value is -2.51. The van der Waals surface area contributed by atoms with Crippen molar-refractivity contribution in [3.63, 3.8) is 0 Å². The highest BCUT2D eigenvalue weighted by Gasteiger charge is 2.32. The van der Waals surface area contributed by atoms with Crippen molar-refractivity contribution in [2.24, 2.45) is 5.73 Å². The molecule has 0 radical (unpaired) electrons. The van der Waals surface area contributed by atoms with E-state index in [-0.39, 0.29) is 11.9 Å². The smallest absolute Gasteiger partial charge is 0.256 e. The first kappa shape index (κ1) is 13.5. The van der Waals surface area contributed by atoms with Crippen LogP contribution in [0.2, 0.25) is 0 Å². The van der Waals surface area contributed by atoms with Crippen molar-refractivity contribution in [3.05, 3.63) is 39.3 Å². The van der Waals surface area contributed by atoms with Gasteiger partial charge in [0, 0.05) is 6.04 Å². The second-order valence-electron chi connectivity index (χ2n) is 4.94. The van der Waals surface area contributed by atoms with E-state index in [9.17, 15) is 22.8 Å². The molecule has 0 bridgehead atoms. The van der Waals surface area contributed by atoms with Gasteiger partial charge < -0.3 is 16.0 Å². The van der Waals surface area contributed by atoms with Gasteiger partial charge in [0.15, 0.2) is 17.5 Å². The largest absolute Gasteiger partial charge is 0.384 e. The van der Waals surface area contributed by atoms with Crippen LogP contribution < -0.4 is 16.9 Å². The number of amides is 1. The fourth-order valence-electron chi connectivity index (χ4n) is 2.44. The summed E-state index contributed by atoms with van der Waals surface area (Å²) in [6, 6.07) is 0.284. The standard InChI is InChI=1S/C13H10F3N3O2/c14-6-3-5-10(9(16)8(6)15)19(4-1-2-4)12(17)7(11(5)20)13(18)21/h3-4H,1-2,17H2,(H2,18,21). The van der Waals surface area contributed by atoms with E-state index in [0.717, 1.165) is 4.57 Å². The van der Waals surface area contributed by atoms with Crippen LogP contribution in [0.5, 0.6) is 0 Å². The van der Waals surface area contributed by atoms with Crippen LogP contribution in [0.4, 0.5) is 19.0 Å². The minimum atomic E-state index is -1.69. The van der Waals surface area contributed by atoms with E-state index in [4.69, 9.17) is 11.5 Å². The molecule has 1 amide bonds. The number of pyridine rings is 1. The molecule has 1 saturated carbocycles. The molecule has 2 aromatic rings. The van der Waals surface area contributed by atoms with Crippen molar-refractivity contribution in [3.8, 4) is 0 Å². The zero-order chi connectivity index (χ0) is 15.5. The highest BCUT2D eigenvalue weighted by Crippen LogP contribution is 2.40. The first-order valence-electron chi connectivity index (χ1n) is 6.15. The molecule has 1 aromatic heterocycles. The van der Waals surface area contributed by atoms with Crippen LogP contribution >= 0.6 is 0 Å². The quantitative estimate of drug-likeness (QED) is 0.822. The second kappa shape index (κ2) is 4.24. The summed E-state index contributed by atoms with van der Waals surface area (Å²) in [5.74, 6) is -6.13. The van der Waals surface area contributed by atoms with Gasteiger partial charge in [0.1, 0.15) is 11.4 Å². The van der Waals surface area contributed by atoms with Crippen molar-refractivity contribution < 1.29 is 18.0 Å². The van der Waals surface area contributed by atoms with E-state index in [2.05, 4.69) is 0 Å². The average Bonchev–Trinajstić information content (AvgIpc) is 3.22. The van der Waals surface area contributed by atoms with Crippen LogP contribution in [-0.2, 0) is 0 Å². The highest BCUT2D eigenvalue weighted by atomic mass is 19.2. The van der Waals surface area contributed by atoms with Crippen LogP contribution in [0.25, 0.3) is 10.9 Å². The summed E-state index contributed by atoms with van der Waals surface area (Å²) < 4.78 is 42.0. The van der Waals surface area contributed by atoms with E-state index >= 15 is 0 Å². The highest BCUT2D eigenvalue weighted by molar-refractivity contribution is 6.01. The lowest BCUT2D eigenvalue weighted by Crippen LogP contribution is -2.28. The molecule has 21 heavy (non-hydrogen) atoms. The Morgan fingerprint density at radius 3 is 2.38 bits per heavy atom. The average molecular weight is 297 g/mol. The van der Waals surface area contributed by atoms with E-state index < -0.39 is 45.3 Å². The topological polar surface area (TPSA) is 91.1 Å². The van der Waals surface area contributed by atoms with Gasteiger partial charge in [-0.25, -0.2) is 13.2 Å². The lowest BCUT2D eigenvalue weighted by Gasteiger charge is -2.16. The number of carbonyl (C=O) groups is 1. The number of benzene rings is 1. The van der Waals surface area contributed by atoms with E-state index in [1.54, 1.807) is 0 Å². The maximum atomic E-state index is 14.1. The second-order valence-corrected chi connectivity index (χ2v) is 4.94. The van der Waals surface area contributed by atoms with Gasteiger partial charge in [-0.15, -0.1) is 0 Å². The van der Waals surface area contributed by atoms with Crippen LogP contribution in [0, 0.1) is 17.5 Å². The van der Waals surface area contributed by atoms with Gasteiger partial charge >= 0.3 is 0 Å². The molecule has 110 valence electrons. The summed E-state index contributed by atoms with van der Waals surface area (Å²) in [6.45, 7) is 0. The van der Waals surface area contributed by atoms with Crippen LogP contribution in [-0.4, -0.2) is 10.5 Å². The Morgan fingerprint density at radius 2 is 1.86 bits per heavy atom. The Bertz CT molecular complexity index is 856. The summed E-state index contributed by atoms with van der Waals surface area (Å²) in [6.07, 6.45) is 1.25. The molecule has 0 aliphatic heterocycles. The third-order valence-corrected chi connectivity index (χ3v) is 3.52. The number of nitrogens with two attached hydrogens (primary N) is 2. The monoisotopic (exact) mass is 297 g/mol. The number of nitrogens with zero attached hydrogens (tertiary/aromatic N) is 1. The van der Waals surface area contributed by atoms with Crippen molar-refractivity contribution in [1.82, 2.24) is 4.57 Å². The predicted octanol–water partition coefficient (Wildman–Crippen LogP) is 1.43. The summed E-state index contributed by atoms with van der Waals surface area (Å²) in [7, 11) is 0. The van der Waals surface area contributed by atoms with Gasteiger partial charge in [-0.1, -0.05) is 0 Å². The van der Waals surface area contributed by atoms with Gasteiger partial charge in [0.25, 0.3) is 5.91 Å². The third-order valence-electron chi connectivity index (χ3n) is 3.52. The Labute approximate surface area is 115 Å². The van der Waals surface area contributed by atoms with Gasteiger partial charge in [-0.2, -0.15) is 0 Å². The number of primary amides is 1. The number of aromatic nitrogens is 1. The molecule has 1 aliphatic carbocycles. The fraction of sp³-hybridized carbons (Fsp3) is 0.231. The maximum Gasteiger partial charge on any atom is 0.256 e. The van der Waals surface area contributed by atoms with E-state index in [1.165, 1.54) is 0 Å². The number of carbonyl (C=O) groups excluding carboxylic acids is 1. The zero-order valence-corrected chi connectivity index (χ0v) is 10.6. The lowest BCUT2D eigenvalue weighted by atomic mass is 10.1. The molecule has 8 heteroatoms. The number of rotatable bonds is 2. The minimum Gasteiger partial charge on any atom is -0.384 e. The number of fused-ring (bicyclic) bond motifs is 1. The molecule has 0 atom stereocenters. The first-order valence-corrected chi connectivity index (χ1v) is 6.15. The molecule has 0 saturated heterocycles. The Kier molecular flexibility index (Phi) is 2.72. The molecule has 1 aromatic carbocycles. The van der Waals surface area contributed by atoms with E-state index in [1.807, 2.05) is 0 Å². The summed E-state index contributed by atoms with van der Waals surface area (Å²) in [5.41, 5.74) is 8.84. The summed E-state index contributed by atoms with van der Waals surface area (Å²) >= 11 is 0.